The Bertz CT molecular complexity index is 618. The lowest BCUT2D eigenvalue weighted by atomic mass is 9.68. The Labute approximate surface area is 147 Å². The topological polar surface area (TPSA) is 86.7 Å². The molecule has 0 aromatic heterocycles. The van der Waals surface area contributed by atoms with E-state index in [0.29, 0.717) is 13.0 Å². The molecule has 0 heterocycles. The van der Waals surface area contributed by atoms with Crippen LogP contribution in [0, 0.1) is 11.8 Å². The van der Waals surface area contributed by atoms with E-state index in [0.717, 1.165) is 12.8 Å². The summed E-state index contributed by atoms with van der Waals surface area (Å²) in [6.07, 6.45) is 2.43. The van der Waals surface area contributed by atoms with Gasteiger partial charge in [-0.3, -0.25) is 9.59 Å². The lowest BCUT2D eigenvalue weighted by Crippen LogP contribution is -2.32. The Balaban J connectivity index is 0.000000970. The number of fused-ring (bicyclic) bond motifs is 1. The summed E-state index contributed by atoms with van der Waals surface area (Å²) in [5.74, 6) is -0.569. The largest absolute Gasteiger partial charge is 0.469 e. The minimum atomic E-state index is -0.272. The molecule has 3 unspecified atom stereocenters. The van der Waals surface area contributed by atoms with Gasteiger partial charge in [-0.1, -0.05) is 31.2 Å². The van der Waals surface area contributed by atoms with Gasteiger partial charge in [0, 0.05) is 12.3 Å². The van der Waals surface area contributed by atoms with Crippen LogP contribution in [0.2, 0.25) is 0 Å². The van der Waals surface area contributed by atoms with Gasteiger partial charge in [-0.25, -0.2) is 0 Å². The molecule has 1 aromatic carbocycles. The average molecular weight is 348 g/mol. The predicted molar refractivity (Wildman–Crippen MR) is 88.4 cm³/mol. The highest BCUT2D eigenvalue weighted by Gasteiger charge is 2.38. The second-order valence-electron chi connectivity index (χ2n) is 5.93. The summed E-state index contributed by atoms with van der Waals surface area (Å²) in [7, 11) is 1.41. The molecule has 3 atom stereocenters. The van der Waals surface area contributed by atoms with Crippen molar-refractivity contribution < 1.29 is 28.7 Å². The smallest absolute Gasteiger partial charge is 0.373 e. The number of hydrogen-bond acceptors (Lipinski definition) is 6. The first-order chi connectivity index (χ1) is 12.0. The minimum Gasteiger partial charge on any atom is -0.469 e. The number of carbonyl (C=O) groups is 2. The molecule has 0 spiro atoms. The normalized spacial score (nSPS) is 19.3. The number of rotatable bonds is 5. The highest BCUT2D eigenvalue weighted by Crippen LogP contribution is 2.43. The molecule has 136 valence electrons. The maximum atomic E-state index is 12.0. The van der Waals surface area contributed by atoms with Crippen LogP contribution in [0.1, 0.15) is 43.7 Å². The number of methoxy groups -OCH3 is 1. The summed E-state index contributed by atoms with van der Waals surface area (Å²) in [6, 6.07) is 8.18. The first kappa shape index (κ1) is 20.6. The van der Waals surface area contributed by atoms with E-state index in [2.05, 4.69) is 12.1 Å². The molecule has 0 saturated heterocycles. The van der Waals surface area contributed by atoms with Crippen LogP contribution in [0.3, 0.4) is 0 Å². The van der Waals surface area contributed by atoms with Gasteiger partial charge in [0.25, 0.3) is 0 Å². The fourth-order valence-electron chi connectivity index (χ4n) is 3.53. The van der Waals surface area contributed by atoms with Gasteiger partial charge in [-0.05, 0) is 36.8 Å². The second kappa shape index (κ2) is 10.4. The molecule has 2 rings (SSSR count). The van der Waals surface area contributed by atoms with Crippen LogP contribution in [-0.2, 0) is 35.1 Å². The summed E-state index contributed by atoms with van der Waals surface area (Å²) >= 11 is 0. The van der Waals surface area contributed by atoms with Crippen molar-refractivity contribution in [2.45, 2.75) is 39.0 Å². The van der Waals surface area contributed by atoms with Gasteiger partial charge >= 0.3 is 18.1 Å². The molecule has 0 saturated carbocycles. The Kier molecular flexibility index (Phi) is 8.57. The number of carbonyl (C=O) groups excluding carboxylic acids is 4. The molecule has 0 amide bonds. The first-order valence-corrected chi connectivity index (χ1v) is 8.30. The minimum absolute atomic E-state index is 0.00167. The van der Waals surface area contributed by atoms with E-state index < -0.39 is 0 Å². The van der Waals surface area contributed by atoms with Crippen LogP contribution in [0.15, 0.2) is 24.3 Å². The van der Waals surface area contributed by atoms with Crippen LogP contribution < -0.4 is 0 Å². The molecule has 1 aliphatic carbocycles. The molecule has 1 aliphatic rings. The van der Waals surface area contributed by atoms with E-state index in [1.54, 1.807) is 0 Å². The van der Waals surface area contributed by atoms with E-state index in [1.165, 1.54) is 18.2 Å². The van der Waals surface area contributed by atoms with Crippen molar-refractivity contribution in [3.05, 3.63) is 35.4 Å². The molecule has 1 aromatic rings. The van der Waals surface area contributed by atoms with Gasteiger partial charge < -0.3 is 9.47 Å². The lowest BCUT2D eigenvalue weighted by molar-refractivity contribution is -0.191. The number of aryl methyl sites for hydroxylation is 1. The van der Waals surface area contributed by atoms with Crippen LogP contribution in [0.4, 0.5) is 0 Å². The number of esters is 2. The van der Waals surface area contributed by atoms with Crippen LogP contribution in [0.25, 0.3) is 0 Å². The number of hydrogen-bond donors (Lipinski definition) is 0. The fraction of sp³-hybridized carbons (Fsp3) is 0.526. The zero-order valence-electron chi connectivity index (χ0n) is 14.8. The molecule has 0 N–H and O–H groups in total. The lowest BCUT2D eigenvalue weighted by Gasteiger charge is -2.36. The monoisotopic (exact) mass is 348 g/mol. The van der Waals surface area contributed by atoms with Gasteiger partial charge in [0.15, 0.2) is 0 Å². The SMILES string of the molecule is CCOC(=O)CC1CCc2ccccc2C1C(C)C(=O)OC.O=C=O. The third-order valence-electron chi connectivity index (χ3n) is 4.55. The summed E-state index contributed by atoms with van der Waals surface area (Å²) < 4.78 is 10.0. The van der Waals surface area contributed by atoms with Crippen LogP contribution in [-0.4, -0.2) is 31.8 Å². The number of ether oxygens (including phenoxy) is 2. The van der Waals surface area contributed by atoms with Gasteiger partial charge in [-0.2, -0.15) is 9.59 Å². The molecule has 25 heavy (non-hydrogen) atoms. The van der Waals surface area contributed by atoms with Crippen LogP contribution >= 0.6 is 0 Å². The molecule has 0 bridgehead atoms. The molecular weight excluding hydrogens is 324 g/mol. The highest BCUT2D eigenvalue weighted by molar-refractivity contribution is 5.74. The highest BCUT2D eigenvalue weighted by atomic mass is 16.5. The van der Waals surface area contributed by atoms with Crippen molar-refractivity contribution in [3.63, 3.8) is 0 Å². The van der Waals surface area contributed by atoms with E-state index >= 15 is 0 Å². The Morgan fingerprint density at radius 3 is 2.52 bits per heavy atom. The Morgan fingerprint density at radius 1 is 1.28 bits per heavy atom. The summed E-state index contributed by atoms with van der Waals surface area (Å²) in [5, 5.41) is 0. The molecule has 0 fully saturated rings. The molecule has 6 heteroatoms. The zero-order valence-corrected chi connectivity index (χ0v) is 14.8. The molecule has 0 aliphatic heterocycles. The van der Waals surface area contributed by atoms with Gasteiger partial charge in [0.2, 0.25) is 0 Å². The van der Waals surface area contributed by atoms with E-state index in [9.17, 15) is 9.59 Å². The zero-order chi connectivity index (χ0) is 18.8. The third kappa shape index (κ3) is 5.54. The Hall–Kier alpha value is -2.46. The van der Waals surface area contributed by atoms with E-state index in [1.807, 2.05) is 26.0 Å². The number of benzene rings is 1. The quantitative estimate of drug-likeness (QED) is 0.760. The molecular formula is C19H24O6. The van der Waals surface area contributed by atoms with Gasteiger partial charge in [0.05, 0.1) is 19.6 Å². The maximum Gasteiger partial charge on any atom is 0.373 e. The predicted octanol–water partition coefficient (Wildman–Crippen LogP) is 2.51. The van der Waals surface area contributed by atoms with Crippen LogP contribution in [0.5, 0.6) is 0 Å². The van der Waals surface area contributed by atoms with Gasteiger partial charge in [0.1, 0.15) is 0 Å². The summed E-state index contributed by atoms with van der Waals surface area (Å²) in [6.45, 7) is 4.08. The molecule has 6 nitrogen and oxygen atoms in total. The van der Waals surface area contributed by atoms with Gasteiger partial charge in [-0.15, -0.1) is 0 Å². The van der Waals surface area contributed by atoms with Crippen molar-refractivity contribution in [3.8, 4) is 0 Å². The van der Waals surface area contributed by atoms with E-state index in [-0.39, 0.29) is 35.8 Å². The van der Waals surface area contributed by atoms with E-state index in [4.69, 9.17) is 19.1 Å². The van der Waals surface area contributed by atoms with Crippen molar-refractivity contribution in [2.75, 3.05) is 13.7 Å². The summed E-state index contributed by atoms with van der Waals surface area (Å²) in [4.78, 5) is 40.2. The summed E-state index contributed by atoms with van der Waals surface area (Å²) in [5.41, 5.74) is 2.43. The average Bonchev–Trinajstić information content (AvgIpc) is 2.61. The Morgan fingerprint density at radius 2 is 1.92 bits per heavy atom. The third-order valence-corrected chi connectivity index (χ3v) is 4.55. The van der Waals surface area contributed by atoms with Crippen molar-refractivity contribution in [2.24, 2.45) is 11.8 Å². The second-order valence-corrected chi connectivity index (χ2v) is 5.93. The van der Waals surface area contributed by atoms with Crippen molar-refractivity contribution >= 4 is 18.1 Å². The molecule has 0 radical (unpaired) electrons. The maximum absolute atomic E-state index is 12.0. The standard InChI is InChI=1S/C18H24O4.CO2/c1-4-22-16(19)11-14-10-9-13-7-5-6-8-15(13)17(14)12(2)18(20)21-3;2-1-3/h5-8,12,14,17H,4,9-11H2,1-3H3;. The van der Waals surface area contributed by atoms with Crippen molar-refractivity contribution in [1.82, 2.24) is 0 Å². The fourth-order valence-corrected chi connectivity index (χ4v) is 3.53. The first-order valence-electron chi connectivity index (χ1n) is 8.30. The van der Waals surface area contributed by atoms with Crippen molar-refractivity contribution in [1.29, 1.82) is 0 Å².